The molecule has 2 aromatic carbocycles. The van der Waals surface area contributed by atoms with Crippen molar-refractivity contribution >= 4 is 11.6 Å². The molecule has 0 aromatic heterocycles. The predicted molar refractivity (Wildman–Crippen MR) is 82.6 cm³/mol. The second-order valence-electron chi connectivity index (χ2n) is 5.06. The molecule has 2 rings (SSSR count). The van der Waals surface area contributed by atoms with E-state index in [-0.39, 0.29) is 17.2 Å². The summed E-state index contributed by atoms with van der Waals surface area (Å²) in [6.45, 7) is 2.63. The van der Waals surface area contributed by atoms with Gasteiger partial charge in [0.05, 0.1) is 11.3 Å². The molecule has 110 valence electrons. The molecule has 0 radical (unpaired) electrons. The van der Waals surface area contributed by atoms with Gasteiger partial charge in [-0.15, -0.1) is 0 Å². The zero-order chi connectivity index (χ0) is 15.2. The number of nitrogens with one attached hydrogen (secondary N) is 1. The van der Waals surface area contributed by atoms with Gasteiger partial charge >= 0.3 is 0 Å². The lowest BCUT2D eigenvalue weighted by molar-refractivity contribution is 0.0953. The van der Waals surface area contributed by atoms with Crippen LogP contribution in [-0.2, 0) is 0 Å². The highest BCUT2D eigenvalue weighted by Crippen LogP contribution is 2.18. The summed E-state index contributed by atoms with van der Waals surface area (Å²) in [4.78, 5) is 12.0. The van der Waals surface area contributed by atoms with E-state index in [0.717, 1.165) is 6.42 Å². The number of hydrogen-bond donors (Lipinski definition) is 2. The Kier molecular flexibility index (Phi) is 4.93. The van der Waals surface area contributed by atoms with E-state index in [4.69, 9.17) is 5.73 Å². The first kappa shape index (κ1) is 15.0. The third-order valence-corrected chi connectivity index (χ3v) is 3.53. The van der Waals surface area contributed by atoms with E-state index in [9.17, 15) is 9.18 Å². The second-order valence-corrected chi connectivity index (χ2v) is 5.06. The van der Waals surface area contributed by atoms with Crippen molar-refractivity contribution in [2.24, 2.45) is 0 Å². The molecule has 0 fully saturated rings. The van der Waals surface area contributed by atoms with Crippen LogP contribution in [0.2, 0.25) is 0 Å². The van der Waals surface area contributed by atoms with E-state index in [1.54, 1.807) is 0 Å². The first-order chi connectivity index (χ1) is 10.1. The van der Waals surface area contributed by atoms with Crippen LogP contribution in [0, 0.1) is 5.82 Å². The summed E-state index contributed by atoms with van der Waals surface area (Å²) in [5, 5.41) is 2.78. The van der Waals surface area contributed by atoms with Gasteiger partial charge in [-0.1, -0.05) is 43.3 Å². The van der Waals surface area contributed by atoms with Gasteiger partial charge in [-0.3, -0.25) is 4.79 Å². The van der Waals surface area contributed by atoms with Crippen LogP contribution in [0.25, 0.3) is 0 Å². The number of hydrogen-bond acceptors (Lipinski definition) is 2. The number of halogens is 1. The fraction of sp³-hybridized carbons (Fsp3) is 0.235. The summed E-state index contributed by atoms with van der Waals surface area (Å²) in [5.74, 6) is -0.566. The molecular weight excluding hydrogens is 267 g/mol. The summed E-state index contributed by atoms with van der Waals surface area (Å²) < 4.78 is 13.3. The Morgan fingerprint density at radius 3 is 2.62 bits per heavy atom. The molecule has 3 N–H and O–H groups in total. The number of carbonyl (C=O) groups excluding carboxylic acids is 1. The van der Waals surface area contributed by atoms with Crippen molar-refractivity contribution < 1.29 is 9.18 Å². The van der Waals surface area contributed by atoms with Crippen LogP contribution >= 0.6 is 0 Å². The molecule has 0 aliphatic heterocycles. The van der Waals surface area contributed by atoms with E-state index in [0.29, 0.717) is 12.5 Å². The Labute approximate surface area is 124 Å². The standard InChI is InChI=1S/C17H19FN2O/c1-12(13-6-3-2-4-7-13)10-11-20-17(21)14-8-5-9-15(18)16(14)19/h2-9,12H,10-11,19H2,1H3,(H,20,21). The van der Waals surface area contributed by atoms with E-state index < -0.39 is 5.82 Å². The summed E-state index contributed by atoms with van der Waals surface area (Å²) in [6.07, 6.45) is 0.810. The number of carbonyl (C=O) groups is 1. The summed E-state index contributed by atoms with van der Waals surface area (Å²) >= 11 is 0. The van der Waals surface area contributed by atoms with Crippen molar-refractivity contribution in [2.75, 3.05) is 12.3 Å². The van der Waals surface area contributed by atoms with Gasteiger partial charge in [0.2, 0.25) is 0 Å². The van der Waals surface area contributed by atoms with Crippen LogP contribution in [0.5, 0.6) is 0 Å². The molecule has 0 saturated heterocycles. The van der Waals surface area contributed by atoms with Gasteiger partial charge in [-0.05, 0) is 30.0 Å². The van der Waals surface area contributed by atoms with Gasteiger partial charge in [-0.25, -0.2) is 4.39 Å². The molecule has 2 aromatic rings. The molecule has 0 bridgehead atoms. The van der Waals surface area contributed by atoms with Crippen molar-refractivity contribution in [3.05, 3.63) is 65.5 Å². The van der Waals surface area contributed by atoms with Crippen molar-refractivity contribution in [1.29, 1.82) is 0 Å². The lowest BCUT2D eigenvalue weighted by Gasteiger charge is -2.13. The lowest BCUT2D eigenvalue weighted by Crippen LogP contribution is -2.26. The average molecular weight is 286 g/mol. The monoisotopic (exact) mass is 286 g/mol. The fourth-order valence-electron chi connectivity index (χ4n) is 2.18. The Balaban J connectivity index is 1.89. The molecule has 0 spiro atoms. The molecule has 3 nitrogen and oxygen atoms in total. The van der Waals surface area contributed by atoms with Crippen molar-refractivity contribution in [2.45, 2.75) is 19.3 Å². The highest BCUT2D eigenvalue weighted by molar-refractivity contribution is 5.99. The molecule has 21 heavy (non-hydrogen) atoms. The van der Waals surface area contributed by atoms with Gasteiger partial charge in [-0.2, -0.15) is 0 Å². The number of benzene rings is 2. The minimum atomic E-state index is -0.569. The minimum Gasteiger partial charge on any atom is -0.396 e. The molecule has 0 heterocycles. The third-order valence-electron chi connectivity index (χ3n) is 3.53. The lowest BCUT2D eigenvalue weighted by atomic mass is 9.98. The van der Waals surface area contributed by atoms with Crippen molar-refractivity contribution in [1.82, 2.24) is 5.32 Å². The van der Waals surface area contributed by atoms with Gasteiger partial charge in [0, 0.05) is 6.54 Å². The maximum atomic E-state index is 13.3. The second kappa shape index (κ2) is 6.88. The number of anilines is 1. The van der Waals surface area contributed by atoms with Gasteiger partial charge in [0.1, 0.15) is 5.82 Å². The molecule has 0 saturated carbocycles. The number of amides is 1. The summed E-state index contributed by atoms with van der Waals surface area (Å²) in [7, 11) is 0. The van der Waals surface area contributed by atoms with Crippen molar-refractivity contribution in [3.63, 3.8) is 0 Å². The van der Waals surface area contributed by atoms with Crippen LogP contribution in [0.4, 0.5) is 10.1 Å². The van der Waals surface area contributed by atoms with Crippen LogP contribution in [0.1, 0.15) is 35.2 Å². The molecule has 1 atom stereocenters. The molecule has 0 aliphatic carbocycles. The highest BCUT2D eigenvalue weighted by atomic mass is 19.1. The van der Waals surface area contributed by atoms with Gasteiger partial charge in [0.15, 0.2) is 0 Å². The minimum absolute atomic E-state index is 0.105. The molecule has 4 heteroatoms. The van der Waals surface area contributed by atoms with Crippen molar-refractivity contribution in [3.8, 4) is 0 Å². The normalized spacial score (nSPS) is 11.9. The molecule has 1 unspecified atom stereocenters. The number of para-hydroxylation sites is 1. The molecular formula is C17H19FN2O. The molecule has 1 amide bonds. The summed E-state index contributed by atoms with van der Waals surface area (Å²) in [5.41, 5.74) is 6.88. The van der Waals surface area contributed by atoms with Crippen LogP contribution < -0.4 is 11.1 Å². The Bertz CT molecular complexity index is 613. The number of nitrogen functional groups attached to an aromatic ring is 1. The highest BCUT2D eigenvalue weighted by Gasteiger charge is 2.12. The smallest absolute Gasteiger partial charge is 0.253 e. The maximum Gasteiger partial charge on any atom is 0.253 e. The predicted octanol–water partition coefficient (Wildman–Crippen LogP) is 3.33. The Hall–Kier alpha value is -2.36. The quantitative estimate of drug-likeness (QED) is 0.828. The Morgan fingerprint density at radius 1 is 1.19 bits per heavy atom. The zero-order valence-electron chi connectivity index (χ0n) is 12.0. The van der Waals surface area contributed by atoms with Crippen LogP contribution in [0.15, 0.2) is 48.5 Å². The third kappa shape index (κ3) is 3.81. The molecule has 0 aliphatic rings. The zero-order valence-corrected chi connectivity index (χ0v) is 12.0. The average Bonchev–Trinajstić information content (AvgIpc) is 2.50. The van der Waals surface area contributed by atoms with E-state index in [1.807, 2.05) is 18.2 Å². The van der Waals surface area contributed by atoms with E-state index in [1.165, 1.54) is 23.8 Å². The van der Waals surface area contributed by atoms with Gasteiger partial charge in [0.25, 0.3) is 5.91 Å². The first-order valence-corrected chi connectivity index (χ1v) is 6.96. The number of rotatable bonds is 5. The fourth-order valence-corrected chi connectivity index (χ4v) is 2.18. The van der Waals surface area contributed by atoms with E-state index in [2.05, 4.69) is 24.4 Å². The van der Waals surface area contributed by atoms with Crippen LogP contribution in [-0.4, -0.2) is 12.5 Å². The maximum absolute atomic E-state index is 13.3. The van der Waals surface area contributed by atoms with Crippen LogP contribution in [0.3, 0.4) is 0 Å². The number of nitrogens with two attached hydrogens (primary N) is 1. The SMILES string of the molecule is CC(CCNC(=O)c1cccc(F)c1N)c1ccccc1. The van der Waals surface area contributed by atoms with Gasteiger partial charge < -0.3 is 11.1 Å². The summed E-state index contributed by atoms with van der Waals surface area (Å²) in [6, 6.07) is 14.3. The van der Waals surface area contributed by atoms with E-state index >= 15 is 0 Å². The largest absolute Gasteiger partial charge is 0.396 e. The Morgan fingerprint density at radius 2 is 1.90 bits per heavy atom. The topological polar surface area (TPSA) is 55.1 Å². The first-order valence-electron chi connectivity index (χ1n) is 6.96.